The molecule has 0 radical (unpaired) electrons. The average Bonchev–Trinajstić information content (AvgIpc) is 3.15. The van der Waals surface area contributed by atoms with Crippen LogP contribution in [0.4, 0.5) is 5.69 Å². The number of rotatable bonds is 3. The van der Waals surface area contributed by atoms with Crippen LogP contribution in [-0.2, 0) is 9.59 Å². The Morgan fingerprint density at radius 3 is 2.65 bits per heavy atom. The molecule has 1 fully saturated rings. The molecule has 2 bridgehead atoms. The molecular weight excluding hydrogens is 292 g/mol. The Balaban J connectivity index is 1.59. The maximum absolute atomic E-state index is 12.6. The summed E-state index contributed by atoms with van der Waals surface area (Å²) < 4.78 is 0. The average molecular weight is 308 g/mol. The van der Waals surface area contributed by atoms with Crippen molar-refractivity contribution in [3.63, 3.8) is 0 Å². The molecule has 4 rings (SSSR count). The second-order valence-electron chi connectivity index (χ2n) is 6.24. The number of fused-ring (bicyclic) bond motifs is 3. The highest BCUT2D eigenvalue weighted by molar-refractivity contribution is 5.97. The summed E-state index contributed by atoms with van der Waals surface area (Å²) >= 11 is 0. The number of carboxylic acids is 1. The normalized spacial score (nSPS) is 28.2. The van der Waals surface area contributed by atoms with Crippen LogP contribution >= 0.6 is 0 Å². The van der Waals surface area contributed by atoms with Crippen molar-refractivity contribution in [3.05, 3.63) is 48.7 Å². The van der Waals surface area contributed by atoms with Gasteiger partial charge in [-0.2, -0.15) is 0 Å². The van der Waals surface area contributed by atoms with Gasteiger partial charge in [0.1, 0.15) is 0 Å². The van der Waals surface area contributed by atoms with Gasteiger partial charge in [-0.1, -0.05) is 30.4 Å². The summed E-state index contributed by atoms with van der Waals surface area (Å²) in [5, 5.41) is 13.2. The number of aromatic nitrogens is 1. The molecule has 2 aromatic rings. The third kappa shape index (κ3) is 2.29. The Hall–Kier alpha value is -2.69. The van der Waals surface area contributed by atoms with E-state index in [4.69, 9.17) is 0 Å². The fourth-order valence-electron chi connectivity index (χ4n) is 3.88. The van der Waals surface area contributed by atoms with Crippen LogP contribution in [0.25, 0.3) is 10.9 Å². The molecule has 23 heavy (non-hydrogen) atoms. The summed E-state index contributed by atoms with van der Waals surface area (Å²) in [6, 6.07) is 9.52. The van der Waals surface area contributed by atoms with Gasteiger partial charge >= 0.3 is 5.97 Å². The number of anilines is 1. The molecule has 116 valence electrons. The first-order valence-electron chi connectivity index (χ1n) is 7.70. The maximum atomic E-state index is 12.6. The standard InChI is InChI=1S/C18H16N2O3/c21-17(15-11-5-6-12(7-11)16(15)18(22)23)20-13-8-10-3-1-2-4-14(10)19-9-13/h1-6,8-9,11-12,15-16H,7H2,(H,20,21)(H,22,23)/t11-,12-,15+,16-/m0/s1. The molecule has 1 aromatic carbocycles. The van der Waals surface area contributed by atoms with Crippen molar-refractivity contribution in [1.82, 2.24) is 4.98 Å². The molecular formula is C18H16N2O3. The van der Waals surface area contributed by atoms with Crippen molar-refractivity contribution in [2.45, 2.75) is 6.42 Å². The second-order valence-corrected chi connectivity index (χ2v) is 6.24. The lowest BCUT2D eigenvalue weighted by Gasteiger charge is -2.23. The van der Waals surface area contributed by atoms with Crippen LogP contribution in [0, 0.1) is 23.7 Å². The van der Waals surface area contributed by atoms with Gasteiger partial charge < -0.3 is 10.4 Å². The van der Waals surface area contributed by atoms with Crippen molar-refractivity contribution in [2.24, 2.45) is 23.7 Å². The highest BCUT2D eigenvalue weighted by Gasteiger charge is 2.51. The van der Waals surface area contributed by atoms with Crippen molar-refractivity contribution in [2.75, 3.05) is 5.32 Å². The molecule has 5 heteroatoms. The first-order valence-corrected chi connectivity index (χ1v) is 7.70. The van der Waals surface area contributed by atoms with Crippen LogP contribution in [-0.4, -0.2) is 22.0 Å². The number of pyridine rings is 1. The number of carbonyl (C=O) groups is 2. The van der Waals surface area contributed by atoms with E-state index in [-0.39, 0.29) is 17.7 Å². The lowest BCUT2D eigenvalue weighted by atomic mass is 9.82. The molecule has 1 saturated carbocycles. The topological polar surface area (TPSA) is 79.3 Å². The molecule has 1 amide bonds. The molecule has 5 nitrogen and oxygen atoms in total. The smallest absolute Gasteiger partial charge is 0.307 e. The van der Waals surface area contributed by atoms with Crippen LogP contribution < -0.4 is 5.32 Å². The maximum Gasteiger partial charge on any atom is 0.307 e. The summed E-state index contributed by atoms with van der Waals surface area (Å²) in [6.45, 7) is 0. The Kier molecular flexibility index (Phi) is 3.15. The van der Waals surface area contributed by atoms with Gasteiger partial charge in [-0.05, 0) is 30.4 Å². The third-order valence-corrected chi connectivity index (χ3v) is 4.91. The van der Waals surface area contributed by atoms with Gasteiger partial charge in [0.15, 0.2) is 0 Å². The number of para-hydroxylation sites is 1. The van der Waals surface area contributed by atoms with E-state index in [0.717, 1.165) is 17.3 Å². The Bertz CT molecular complexity index is 830. The summed E-state index contributed by atoms with van der Waals surface area (Å²) in [5.41, 5.74) is 1.46. The van der Waals surface area contributed by atoms with Crippen molar-refractivity contribution < 1.29 is 14.7 Å². The third-order valence-electron chi connectivity index (χ3n) is 4.91. The fourth-order valence-corrected chi connectivity index (χ4v) is 3.88. The highest BCUT2D eigenvalue weighted by Crippen LogP contribution is 2.48. The van der Waals surface area contributed by atoms with Gasteiger partial charge in [-0.15, -0.1) is 0 Å². The van der Waals surface area contributed by atoms with E-state index >= 15 is 0 Å². The number of aliphatic carboxylic acids is 1. The van der Waals surface area contributed by atoms with Gasteiger partial charge in [0.25, 0.3) is 0 Å². The van der Waals surface area contributed by atoms with Crippen LogP contribution in [0.3, 0.4) is 0 Å². The molecule has 0 unspecified atom stereocenters. The molecule has 1 heterocycles. The zero-order valence-corrected chi connectivity index (χ0v) is 12.3. The minimum Gasteiger partial charge on any atom is -0.481 e. The van der Waals surface area contributed by atoms with Gasteiger partial charge in [-0.25, -0.2) is 0 Å². The largest absolute Gasteiger partial charge is 0.481 e. The predicted octanol–water partition coefficient (Wildman–Crippen LogP) is 2.70. The Morgan fingerprint density at radius 1 is 1.13 bits per heavy atom. The summed E-state index contributed by atoms with van der Waals surface area (Å²) in [4.78, 5) is 28.4. The summed E-state index contributed by atoms with van der Waals surface area (Å²) in [5.74, 6) is -2.25. The molecule has 1 aromatic heterocycles. The summed E-state index contributed by atoms with van der Waals surface area (Å²) in [7, 11) is 0. The molecule has 0 spiro atoms. The number of carboxylic acid groups (broad SMARTS) is 1. The molecule has 4 atom stereocenters. The van der Waals surface area contributed by atoms with Gasteiger partial charge in [-0.3, -0.25) is 14.6 Å². The zero-order valence-electron chi connectivity index (χ0n) is 12.3. The van der Waals surface area contributed by atoms with E-state index in [0.29, 0.717) is 5.69 Å². The monoisotopic (exact) mass is 308 g/mol. The number of nitrogens with one attached hydrogen (secondary N) is 1. The number of nitrogens with zero attached hydrogens (tertiary/aromatic N) is 1. The number of allylic oxidation sites excluding steroid dienone is 2. The Labute approximate surface area is 133 Å². The fraction of sp³-hybridized carbons (Fsp3) is 0.278. The van der Waals surface area contributed by atoms with Crippen LogP contribution in [0.15, 0.2) is 48.7 Å². The Morgan fingerprint density at radius 2 is 1.87 bits per heavy atom. The summed E-state index contributed by atoms with van der Waals surface area (Å²) in [6.07, 6.45) is 6.28. The van der Waals surface area contributed by atoms with Crippen LogP contribution in [0.2, 0.25) is 0 Å². The quantitative estimate of drug-likeness (QED) is 0.854. The SMILES string of the molecule is O=C(O)[C@@H]1[C@H](C(=O)Nc2cnc3ccccc3c2)[C@H]2C=C[C@H]1C2. The number of hydrogen-bond acceptors (Lipinski definition) is 3. The van der Waals surface area contributed by atoms with Crippen LogP contribution in [0.5, 0.6) is 0 Å². The van der Waals surface area contributed by atoms with E-state index in [1.54, 1.807) is 6.20 Å². The molecule has 2 aliphatic carbocycles. The molecule has 2 N–H and O–H groups in total. The van der Waals surface area contributed by atoms with Crippen molar-refractivity contribution in [1.29, 1.82) is 0 Å². The van der Waals surface area contributed by atoms with E-state index in [1.807, 2.05) is 42.5 Å². The number of hydrogen-bond donors (Lipinski definition) is 2. The lowest BCUT2D eigenvalue weighted by molar-refractivity contribution is -0.146. The van der Waals surface area contributed by atoms with E-state index in [2.05, 4.69) is 10.3 Å². The molecule has 0 saturated heterocycles. The number of carbonyl (C=O) groups excluding carboxylic acids is 1. The predicted molar refractivity (Wildman–Crippen MR) is 85.7 cm³/mol. The molecule has 2 aliphatic rings. The minimum atomic E-state index is -0.890. The van der Waals surface area contributed by atoms with E-state index in [9.17, 15) is 14.7 Å². The second kappa shape index (κ2) is 5.19. The zero-order chi connectivity index (χ0) is 16.0. The molecule has 0 aliphatic heterocycles. The van der Waals surface area contributed by atoms with Crippen molar-refractivity contribution in [3.8, 4) is 0 Å². The minimum absolute atomic E-state index is 0.0227. The lowest BCUT2D eigenvalue weighted by Crippen LogP contribution is -2.36. The van der Waals surface area contributed by atoms with Gasteiger partial charge in [0.05, 0.1) is 29.2 Å². The highest BCUT2D eigenvalue weighted by atomic mass is 16.4. The van der Waals surface area contributed by atoms with Crippen LogP contribution in [0.1, 0.15) is 6.42 Å². The van der Waals surface area contributed by atoms with Gasteiger partial charge in [0.2, 0.25) is 5.91 Å². The number of amides is 1. The van der Waals surface area contributed by atoms with E-state index in [1.165, 1.54) is 0 Å². The van der Waals surface area contributed by atoms with Gasteiger partial charge in [0, 0.05) is 5.39 Å². The number of benzene rings is 1. The van der Waals surface area contributed by atoms with E-state index < -0.39 is 17.8 Å². The first kappa shape index (κ1) is 13.9. The first-order chi connectivity index (χ1) is 11.1. The van der Waals surface area contributed by atoms with Crippen molar-refractivity contribution >= 4 is 28.5 Å².